The van der Waals surface area contributed by atoms with Crippen LogP contribution in [-0.4, -0.2) is 69.4 Å². The first-order valence-electron chi connectivity index (χ1n) is 10.1. The standard InChI is InChI=1S/C22H20N6O4S/c1-33(31,32)18-9-15(10-23-11-18)19-3-2-8-28-20(19)25-22(26-28)24-16-6-4-14(5-7-16)21(30)27-12-17(29)13-27/h2-11,17,29H,12-13H2,1H3,(H,24,26). The van der Waals surface area contributed by atoms with Gasteiger partial charge >= 0.3 is 0 Å². The van der Waals surface area contributed by atoms with E-state index >= 15 is 0 Å². The summed E-state index contributed by atoms with van der Waals surface area (Å²) in [6.07, 6.45) is 5.34. The van der Waals surface area contributed by atoms with Crippen molar-refractivity contribution in [2.24, 2.45) is 0 Å². The Morgan fingerprint density at radius 1 is 1.15 bits per heavy atom. The average molecular weight is 465 g/mol. The van der Waals surface area contributed by atoms with E-state index < -0.39 is 15.9 Å². The van der Waals surface area contributed by atoms with Crippen molar-refractivity contribution in [3.63, 3.8) is 0 Å². The van der Waals surface area contributed by atoms with E-state index in [0.717, 1.165) is 6.26 Å². The minimum atomic E-state index is -3.40. The maximum atomic E-state index is 12.3. The van der Waals surface area contributed by atoms with Crippen LogP contribution < -0.4 is 5.32 Å². The van der Waals surface area contributed by atoms with Crippen LogP contribution in [0.2, 0.25) is 0 Å². The molecule has 5 rings (SSSR count). The molecule has 0 radical (unpaired) electrons. The molecule has 2 N–H and O–H groups in total. The molecule has 1 saturated heterocycles. The fourth-order valence-electron chi connectivity index (χ4n) is 3.58. The van der Waals surface area contributed by atoms with Crippen LogP contribution in [-0.2, 0) is 9.84 Å². The number of likely N-dealkylation sites (tertiary alicyclic amines) is 1. The lowest BCUT2D eigenvalue weighted by molar-refractivity contribution is 0.00590. The summed E-state index contributed by atoms with van der Waals surface area (Å²) in [5.41, 5.74) is 3.08. The molecule has 33 heavy (non-hydrogen) atoms. The lowest BCUT2D eigenvalue weighted by atomic mass is 10.1. The van der Waals surface area contributed by atoms with Gasteiger partial charge in [-0.05, 0) is 42.5 Å². The largest absolute Gasteiger partial charge is 0.389 e. The first kappa shape index (κ1) is 21.0. The van der Waals surface area contributed by atoms with Crippen LogP contribution in [0.25, 0.3) is 16.8 Å². The molecule has 11 heteroatoms. The van der Waals surface area contributed by atoms with Crippen molar-refractivity contribution in [2.45, 2.75) is 11.0 Å². The number of benzene rings is 1. The molecule has 0 atom stereocenters. The van der Waals surface area contributed by atoms with Gasteiger partial charge < -0.3 is 15.3 Å². The summed E-state index contributed by atoms with van der Waals surface area (Å²) < 4.78 is 25.4. The van der Waals surface area contributed by atoms with Crippen molar-refractivity contribution in [1.29, 1.82) is 0 Å². The number of pyridine rings is 2. The van der Waals surface area contributed by atoms with Gasteiger partial charge in [0.25, 0.3) is 5.91 Å². The number of hydrogen-bond donors (Lipinski definition) is 2. The number of aliphatic hydroxyl groups excluding tert-OH is 1. The molecule has 0 unspecified atom stereocenters. The number of fused-ring (bicyclic) bond motifs is 1. The number of hydrogen-bond acceptors (Lipinski definition) is 8. The van der Waals surface area contributed by atoms with Crippen LogP contribution in [0.15, 0.2) is 66.0 Å². The van der Waals surface area contributed by atoms with Crippen molar-refractivity contribution in [1.82, 2.24) is 24.5 Å². The SMILES string of the molecule is CS(=O)(=O)c1cncc(-c2cccn3nc(Nc4ccc(C(=O)N5CC(O)C5)cc4)nc23)c1. The Morgan fingerprint density at radius 3 is 2.61 bits per heavy atom. The maximum absolute atomic E-state index is 12.3. The number of carbonyl (C=O) groups excluding carboxylic acids is 1. The highest BCUT2D eigenvalue weighted by Crippen LogP contribution is 2.26. The lowest BCUT2D eigenvalue weighted by Gasteiger charge is -2.35. The van der Waals surface area contributed by atoms with Gasteiger partial charge in [-0.2, -0.15) is 4.98 Å². The minimum absolute atomic E-state index is 0.118. The highest BCUT2D eigenvalue weighted by molar-refractivity contribution is 7.90. The first-order chi connectivity index (χ1) is 15.8. The number of sulfone groups is 1. The Hall–Kier alpha value is -3.83. The molecular weight excluding hydrogens is 444 g/mol. The molecule has 4 heterocycles. The smallest absolute Gasteiger partial charge is 0.254 e. The Bertz CT molecular complexity index is 1460. The van der Waals surface area contributed by atoms with Gasteiger partial charge in [-0.15, -0.1) is 5.10 Å². The Kier molecular flexibility index (Phi) is 5.06. The second kappa shape index (κ2) is 7.94. The lowest BCUT2D eigenvalue weighted by Crippen LogP contribution is -2.53. The quantitative estimate of drug-likeness (QED) is 0.457. The zero-order valence-electron chi connectivity index (χ0n) is 17.6. The molecule has 1 fully saturated rings. The Morgan fingerprint density at radius 2 is 1.91 bits per heavy atom. The van der Waals surface area contributed by atoms with E-state index in [4.69, 9.17) is 0 Å². The molecule has 1 aliphatic heterocycles. The van der Waals surface area contributed by atoms with E-state index in [2.05, 4.69) is 20.4 Å². The molecule has 1 amide bonds. The minimum Gasteiger partial charge on any atom is -0.389 e. The van der Waals surface area contributed by atoms with Crippen molar-refractivity contribution in [2.75, 3.05) is 24.7 Å². The molecule has 168 valence electrons. The van der Waals surface area contributed by atoms with Gasteiger partial charge in [-0.25, -0.2) is 12.9 Å². The number of aliphatic hydroxyl groups is 1. The van der Waals surface area contributed by atoms with Gasteiger partial charge in [0.15, 0.2) is 15.5 Å². The van der Waals surface area contributed by atoms with E-state index in [1.54, 1.807) is 58.2 Å². The second-order valence-electron chi connectivity index (χ2n) is 7.87. The summed E-state index contributed by atoms with van der Waals surface area (Å²) in [5.74, 6) is 0.229. The molecule has 1 aliphatic rings. The van der Waals surface area contributed by atoms with Crippen LogP contribution >= 0.6 is 0 Å². The van der Waals surface area contributed by atoms with Crippen molar-refractivity contribution in [3.05, 3.63) is 66.6 Å². The van der Waals surface area contributed by atoms with Gasteiger partial charge in [0.1, 0.15) is 0 Å². The summed E-state index contributed by atoms with van der Waals surface area (Å²) in [6, 6.07) is 12.1. The van der Waals surface area contributed by atoms with Crippen LogP contribution in [0.1, 0.15) is 10.4 Å². The summed E-state index contributed by atoms with van der Waals surface area (Å²) in [7, 11) is -3.40. The number of anilines is 2. The van der Waals surface area contributed by atoms with Gasteiger partial charge in [0.2, 0.25) is 5.95 Å². The van der Waals surface area contributed by atoms with E-state index in [0.29, 0.717) is 47.1 Å². The topological polar surface area (TPSA) is 130 Å². The van der Waals surface area contributed by atoms with Crippen molar-refractivity contribution in [3.8, 4) is 11.1 Å². The number of nitrogens with zero attached hydrogens (tertiary/aromatic N) is 5. The molecule has 10 nitrogen and oxygen atoms in total. The van der Waals surface area contributed by atoms with E-state index in [1.165, 1.54) is 6.20 Å². The van der Waals surface area contributed by atoms with Crippen LogP contribution in [0, 0.1) is 0 Å². The van der Waals surface area contributed by atoms with Crippen LogP contribution in [0.4, 0.5) is 11.6 Å². The second-order valence-corrected chi connectivity index (χ2v) is 9.89. The van der Waals surface area contributed by atoms with Crippen molar-refractivity contribution < 1.29 is 18.3 Å². The molecule has 0 bridgehead atoms. The monoisotopic (exact) mass is 464 g/mol. The third kappa shape index (κ3) is 4.15. The average Bonchev–Trinajstić information content (AvgIpc) is 3.19. The number of nitrogens with one attached hydrogen (secondary N) is 1. The zero-order valence-corrected chi connectivity index (χ0v) is 18.4. The highest BCUT2D eigenvalue weighted by atomic mass is 32.2. The van der Waals surface area contributed by atoms with Crippen LogP contribution in [0.3, 0.4) is 0 Å². The molecule has 0 saturated carbocycles. The van der Waals surface area contributed by atoms with Crippen molar-refractivity contribution >= 4 is 33.0 Å². The van der Waals surface area contributed by atoms with Gasteiger partial charge in [0.05, 0.1) is 11.0 Å². The number of rotatable bonds is 5. The van der Waals surface area contributed by atoms with Crippen LogP contribution in [0.5, 0.6) is 0 Å². The number of amides is 1. The third-order valence-electron chi connectivity index (χ3n) is 5.35. The summed E-state index contributed by atoms with van der Waals surface area (Å²) in [6.45, 7) is 0.712. The predicted octanol–water partition coefficient (Wildman–Crippen LogP) is 1.76. The fourth-order valence-corrected chi connectivity index (χ4v) is 4.18. The van der Waals surface area contributed by atoms with E-state index in [9.17, 15) is 18.3 Å². The fraction of sp³-hybridized carbons (Fsp3) is 0.182. The summed E-state index contributed by atoms with van der Waals surface area (Å²) >= 11 is 0. The summed E-state index contributed by atoms with van der Waals surface area (Å²) in [4.78, 5) is 22.7. The van der Waals surface area contributed by atoms with E-state index in [-0.39, 0.29) is 10.8 Å². The Labute approximate surface area is 189 Å². The Balaban J connectivity index is 1.40. The normalized spacial score (nSPS) is 14.3. The van der Waals surface area contributed by atoms with Gasteiger partial charge in [0, 0.05) is 60.3 Å². The molecule has 3 aromatic heterocycles. The van der Waals surface area contributed by atoms with Gasteiger partial charge in [-0.3, -0.25) is 9.78 Å². The molecule has 0 spiro atoms. The maximum Gasteiger partial charge on any atom is 0.254 e. The molecule has 0 aliphatic carbocycles. The number of aromatic nitrogens is 4. The molecule has 4 aromatic rings. The molecule has 1 aromatic carbocycles. The third-order valence-corrected chi connectivity index (χ3v) is 6.43. The first-order valence-corrected chi connectivity index (χ1v) is 12.0. The number of carbonyl (C=O) groups is 1. The number of β-amino-alcohol motifs (C(OH)–C–C–N with tert-alkyl or cyclic N) is 1. The highest BCUT2D eigenvalue weighted by Gasteiger charge is 2.29. The van der Waals surface area contributed by atoms with Gasteiger partial charge in [-0.1, -0.05) is 0 Å². The zero-order chi connectivity index (χ0) is 23.2. The van der Waals surface area contributed by atoms with E-state index in [1.807, 2.05) is 6.07 Å². The molecular formula is C22H20N6O4S. The predicted molar refractivity (Wildman–Crippen MR) is 121 cm³/mol. The summed E-state index contributed by atoms with van der Waals surface area (Å²) in [5, 5.41) is 16.9.